The summed E-state index contributed by atoms with van der Waals surface area (Å²) >= 11 is 0. The van der Waals surface area contributed by atoms with Crippen LogP contribution in [-0.4, -0.2) is 25.0 Å². The highest BCUT2D eigenvalue weighted by atomic mass is 16.5. The Morgan fingerprint density at radius 3 is 2.21 bits per heavy atom. The van der Waals surface area contributed by atoms with E-state index < -0.39 is 0 Å². The first-order valence-electron chi connectivity index (χ1n) is 9.48. The summed E-state index contributed by atoms with van der Waals surface area (Å²) in [6, 6.07) is 12.8. The highest BCUT2D eigenvalue weighted by Gasteiger charge is 2.14. The van der Waals surface area contributed by atoms with Gasteiger partial charge in [-0.05, 0) is 56.2 Å². The van der Waals surface area contributed by atoms with Gasteiger partial charge in [-0.3, -0.25) is 9.59 Å². The first-order valence-corrected chi connectivity index (χ1v) is 9.48. The monoisotopic (exact) mass is 384 g/mol. The van der Waals surface area contributed by atoms with Crippen molar-refractivity contribution in [2.24, 2.45) is 0 Å². The molecule has 2 amide bonds. The van der Waals surface area contributed by atoms with Crippen LogP contribution in [0.5, 0.6) is 11.5 Å². The van der Waals surface area contributed by atoms with E-state index in [1.165, 1.54) is 6.92 Å². The summed E-state index contributed by atoms with van der Waals surface area (Å²) < 4.78 is 11.2. The van der Waals surface area contributed by atoms with Gasteiger partial charge in [0.2, 0.25) is 11.8 Å². The van der Waals surface area contributed by atoms with E-state index in [-0.39, 0.29) is 24.3 Å². The second kappa shape index (κ2) is 10.3. The molecule has 2 rings (SSSR count). The Morgan fingerprint density at radius 1 is 0.964 bits per heavy atom. The molecule has 0 fully saturated rings. The van der Waals surface area contributed by atoms with E-state index >= 15 is 0 Å². The van der Waals surface area contributed by atoms with Crippen LogP contribution >= 0.6 is 0 Å². The van der Waals surface area contributed by atoms with Crippen molar-refractivity contribution in [3.63, 3.8) is 0 Å². The molecular weight excluding hydrogens is 356 g/mol. The normalized spacial score (nSPS) is 11.4. The van der Waals surface area contributed by atoms with E-state index in [0.29, 0.717) is 30.4 Å². The molecule has 2 N–H and O–H groups in total. The topological polar surface area (TPSA) is 76.7 Å². The van der Waals surface area contributed by atoms with Crippen molar-refractivity contribution < 1.29 is 19.1 Å². The Morgan fingerprint density at radius 2 is 1.61 bits per heavy atom. The maximum Gasteiger partial charge on any atom is 0.224 e. The minimum atomic E-state index is -0.166. The first-order chi connectivity index (χ1) is 13.4. The SMILES string of the molecule is CCOc1ccc([C@H](C)NC(=O)Cc2ccc(NC(C)=O)cc2)cc1OCC. The van der Waals surface area contributed by atoms with E-state index in [0.717, 1.165) is 11.1 Å². The van der Waals surface area contributed by atoms with Gasteiger partial charge in [0.25, 0.3) is 0 Å². The van der Waals surface area contributed by atoms with Crippen molar-refractivity contribution in [3.05, 3.63) is 53.6 Å². The third kappa shape index (κ3) is 6.30. The summed E-state index contributed by atoms with van der Waals surface area (Å²) in [5, 5.41) is 5.71. The number of hydrogen-bond donors (Lipinski definition) is 2. The van der Waals surface area contributed by atoms with Crippen LogP contribution in [0.2, 0.25) is 0 Å². The number of benzene rings is 2. The number of carbonyl (C=O) groups is 2. The van der Waals surface area contributed by atoms with Crippen LogP contribution in [0, 0.1) is 0 Å². The number of carbonyl (C=O) groups excluding carboxylic acids is 2. The number of rotatable bonds is 9. The molecule has 0 spiro atoms. The zero-order chi connectivity index (χ0) is 20.5. The lowest BCUT2D eigenvalue weighted by molar-refractivity contribution is -0.121. The number of ether oxygens (including phenoxy) is 2. The quantitative estimate of drug-likeness (QED) is 0.688. The summed E-state index contributed by atoms with van der Waals surface area (Å²) in [5.41, 5.74) is 2.53. The molecule has 0 heterocycles. The number of hydrogen-bond acceptors (Lipinski definition) is 4. The van der Waals surface area contributed by atoms with Gasteiger partial charge in [-0.2, -0.15) is 0 Å². The summed E-state index contributed by atoms with van der Waals surface area (Å²) in [6.45, 7) is 8.34. The second-order valence-electron chi connectivity index (χ2n) is 6.42. The Labute approximate surface area is 166 Å². The molecule has 0 aliphatic heterocycles. The van der Waals surface area contributed by atoms with Crippen LogP contribution in [0.3, 0.4) is 0 Å². The largest absolute Gasteiger partial charge is 0.490 e. The molecule has 0 aromatic heterocycles. The molecule has 0 saturated carbocycles. The van der Waals surface area contributed by atoms with Crippen molar-refractivity contribution in [2.45, 2.75) is 40.2 Å². The van der Waals surface area contributed by atoms with Crippen molar-refractivity contribution in [1.29, 1.82) is 0 Å². The van der Waals surface area contributed by atoms with Crippen LogP contribution in [-0.2, 0) is 16.0 Å². The van der Waals surface area contributed by atoms with Gasteiger partial charge < -0.3 is 20.1 Å². The van der Waals surface area contributed by atoms with Gasteiger partial charge >= 0.3 is 0 Å². The molecule has 6 nitrogen and oxygen atoms in total. The summed E-state index contributed by atoms with van der Waals surface area (Å²) in [4.78, 5) is 23.5. The zero-order valence-electron chi connectivity index (χ0n) is 16.9. The zero-order valence-corrected chi connectivity index (χ0v) is 16.9. The fraction of sp³-hybridized carbons (Fsp3) is 0.364. The minimum Gasteiger partial charge on any atom is -0.490 e. The molecule has 0 aliphatic rings. The smallest absolute Gasteiger partial charge is 0.224 e. The molecule has 0 saturated heterocycles. The molecule has 28 heavy (non-hydrogen) atoms. The fourth-order valence-corrected chi connectivity index (χ4v) is 2.81. The van der Waals surface area contributed by atoms with Crippen molar-refractivity contribution in [2.75, 3.05) is 18.5 Å². The van der Waals surface area contributed by atoms with E-state index in [4.69, 9.17) is 9.47 Å². The molecular formula is C22H28N2O4. The molecule has 150 valence electrons. The van der Waals surface area contributed by atoms with Gasteiger partial charge in [-0.1, -0.05) is 18.2 Å². The van der Waals surface area contributed by atoms with Crippen molar-refractivity contribution >= 4 is 17.5 Å². The predicted molar refractivity (Wildman–Crippen MR) is 110 cm³/mol. The van der Waals surface area contributed by atoms with Crippen molar-refractivity contribution in [3.8, 4) is 11.5 Å². The lowest BCUT2D eigenvalue weighted by Gasteiger charge is -2.17. The predicted octanol–water partition coefficient (Wildman–Crippen LogP) is 3.86. The summed E-state index contributed by atoms with van der Waals surface area (Å²) in [7, 11) is 0. The first kappa shape index (κ1) is 21.3. The van der Waals surface area contributed by atoms with Gasteiger partial charge in [-0.15, -0.1) is 0 Å². The van der Waals surface area contributed by atoms with E-state index in [9.17, 15) is 9.59 Å². The summed E-state index contributed by atoms with van der Waals surface area (Å²) in [5.74, 6) is 1.18. The van der Waals surface area contributed by atoms with Gasteiger partial charge in [0.15, 0.2) is 11.5 Å². The molecule has 6 heteroatoms. The van der Waals surface area contributed by atoms with Crippen LogP contribution in [0.1, 0.15) is 44.9 Å². The van der Waals surface area contributed by atoms with Crippen LogP contribution in [0.25, 0.3) is 0 Å². The van der Waals surface area contributed by atoms with Gasteiger partial charge in [-0.25, -0.2) is 0 Å². The second-order valence-corrected chi connectivity index (χ2v) is 6.42. The average Bonchev–Trinajstić information content (AvgIpc) is 2.64. The lowest BCUT2D eigenvalue weighted by Crippen LogP contribution is -2.28. The highest BCUT2D eigenvalue weighted by molar-refractivity contribution is 5.88. The van der Waals surface area contributed by atoms with Crippen LogP contribution in [0.4, 0.5) is 5.69 Å². The average molecular weight is 384 g/mol. The third-order valence-corrected chi connectivity index (χ3v) is 4.08. The Hall–Kier alpha value is -3.02. The van der Waals surface area contributed by atoms with E-state index in [1.807, 2.05) is 51.1 Å². The third-order valence-electron chi connectivity index (χ3n) is 4.08. The molecule has 2 aromatic rings. The van der Waals surface area contributed by atoms with Gasteiger partial charge in [0, 0.05) is 12.6 Å². The van der Waals surface area contributed by atoms with Crippen molar-refractivity contribution in [1.82, 2.24) is 5.32 Å². The Balaban J connectivity index is 1.99. The number of anilines is 1. The molecule has 1 atom stereocenters. The number of amides is 2. The minimum absolute atomic E-state index is 0.0772. The van der Waals surface area contributed by atoms with E-state index in [2.05, 4.69) is 10.6 Å². The standard InChI is InChI=1S/C22H28N2O4/c1-5-27-20-12-9-18(14-21(20)28-6-2)15(3)23-22(26)13-17-7-10-19(11-8-17)24-16(4)25/h7-12,14-15H,5-6,13H2,1-4H3,(H,23,26)(H,24,25)/t15-/m0/s1. The highest BCUT2D eigenvalue weighted by Crippen LogP contribution is 2.30. The molecule has 2 aromatic carbocycles. The van der Waals surface area contributed by atoms with Gasteiger partial charge in [0.1, 0.15) is 0 Å². The number of nitrogens with one attached hydrogen (secondary N) is 2. The maximum absolute atomic E-state index is 12.4. The van der Waals surface area contributed by atoms with E-state index in [1.54, 1.807) is 12.1 Å². The molecule has 0 aliphatic carbocycles. The lowest BCUT2D eigenvalue weighted by atomic mass is 10.1. The fourth-order valence-electron chi connectivity index (χ4n) is 2.81. The van der Waals surface area contributed by atoms with Crippen LogP contribution in [0.15, 0.2) is 42.5 Å². The Bertz CT molecular complexity index is 803. The van der Waals surface area contributed by atoms with Gasteiger partial charge in [0.05, 0.1) is 25.7 Å². The summed E-state index contributed by atoms with van der Waals surface area (Å²) in [6.07, 6.45) is 0.264. The Kier molecular flexibility index (Phi) is 7.87. The molecule has 0 radical (unpaired) electrons. The molecule has 0 unspecified atom stereocenters. The maximum atomic E-state index is 12.4. The van der Waals surface area contributed by atoms with Crippen LogP contribution < -0.4 is 20.1 Å². The molecule has 0 bridgehead atoms.